The number of aromatic nitrogens is 3. The van der Waals surface area contributed by atoms with Gasteiger partial charge in [0.25, 0.3) is 5.89 Å². The van der Waals surface area contributed by atoms with Crippen molar-refractivity contribution in [2.75, 3.05) is 0 Å². The molecule has 0 unspecified atom stereocenters. The van der Waals surface area contributed by atoms with E-state index in [1.165, 1.54) is 5.56 Å². The number of pyridine rings is 1. The summed E-state index contributed by atoms with van der Waals surface area (Å²) in [6.07, 6.45) is 1.77. The molecule has 0 atom stereocenters. The van der Waals surface area contributed by atoms with Gasteiger partial charge in [-0.05, 0) is 43.3 Å². The van der Waals surface area contributed by atoms with Gasteiger partial charge < -0.3 is 4.42 Å². The number of aryl methyl sites for hydroxylation is 1. The molecule has 0 fully saturated rings. The van der Waals surface area contributed by atoms with Crippen LogP contribution in [0.2, 0.25) is 0 Å². The van der Waals surface area contributed by atoms with E-state index in [1.807, 2.05) is 42.5 Å². The fourth-order valence-electron chi connectivity index (χ4n) is 2.38. The van der Waals surface area contributed by atoms with Crippen molar-refractivity contribution in [2.45, 2.75) is 16.8 Å². The van der Waals surface area contributed by atoms with Crippen LogP contribution in [0, 0.1) is 6.92 Å². The van der Waals surface area contributed by atoms with E-state index in [0.29, 0.717) is 11.8 Å². The van der Waals surface area contributed by atoms with E-state index in [-0.39, 0.29) is 0 Å². The first-order chi connectivity index (χ1) is 12.3. The minimum Gasteiger partial charge on any atom is -0.416 e. The van der Waals surface area contributed by atoms with E-state index < -0.39 is 0 Å². The molecule has 2 aromatic heterocycles. The van der Waals surface area contributed by atoms with E-state index in [1.54, 1.807) is 18.0 Å². The van der Waals surface area contributed by atoms with Crippen molar-refractivity contribution in [1.82, 2.24) is 15.2 Å². The first kappa shape index (κ1) is 15.6. The van der Waals surface area contributed by atoms with Gasteiger partial charge in [0.15, 0.2) is 0 Å². The van der Waals surface area contributed by atoms with Crippen LogP contribution in [0.1, 0.15) is 5.56 Å². The van der Waals surface area contributed by atoms with Crippen molar-refractivity contribution in [3.05, 3.63) is 78.5 Å². The minimum absolute atomic E-state index is 0.474. The summed E-state index contributed by atoms with van der Waals surface area (Å²) in [6.45, 7) is 2.07. The fraction of sp³-hybridized carbons (Fsp3) is 0.0500. The molecular weight excluding hydrogens is 330 g/mol. The first-order valence-corrected chi connectivity index (χ1v) is 8.70. The molecule has 2 aromatic carbocycles. The molecule has 5 heteroatoms. The predicted molar refractivity (Wildman–Crippen MR) is 98.3 cm³/mol. The Morgan fingerprint density at radius 1 is 0.800 bits per heavy atom. The molecule has 0 aliphatic heterocycles. The smallest absolute Gasteiger partial charge is 0.250 e. The SMILES string of the molecule is Cc1ccc(Sc2ncccc2-c2nnc(-c3ccccc3)o2)cc1. The summed E-state index contributed by atoms with van der Waals surface area (Å²) in [5, 5.41) is 9.22. The average molecular weight is 345 g/mol. The van der Waals surface area contributed by atoms with Crippen molar-refractivity contribution in [2.24, 2.45) is 0 Å². The Kier molecular flexibility index (Phi) is 4.31. The van der Waals surface area contributed by atoms with E-state index >= 15 is 0 Å². The fourth-order valence-corrected chi connectivity index (χ4v) is 3.26. The molecule has 4 nitrogen and oxygen atoms in total. The molecule has 4 aromatic rings. The van der Waals surface area contributed by atoms with Crippen LogP contribution in [0.3, 0.4) is 0 Å². The highest BCUT2D eigenvalue weighted by Gasteiger charge is 2.15. The average Bonchev–Trinajstić information content (AvgIpc) is 3.15. The Labute approximate surface area is 150 Å². The molecule has 0 saturated heterocycles. The van der Waals surface area contributed by atoms with Crippen LogP contribution < -0.4 is 0 Å². The highest BCUT2D eigenvalue weighted by molar-refractivity contribution is 7.99. The normalized spacial score (nSPS) is 10.8. The summed E-state index contributed by atoms with van der Waals surface area (Å²) in [7, 11) is 0. The summed E-state index contributed by atoms with van der Waals surface area (Å²) >= 11 is 1.58. The summed E-state index contributed by atoms with van der Waals surface area (Å²) in [5.74, 6) is 0.979. The van der Waals surface area contributed by atoms with Gasteiger partial charge in [-0.2, -0.15) is 0 Å². The van der Waals surface area contributed by atoms with Crippen LogP contribution in [0.4, 0.5) is 0 Å². The van der Waals surface area contributed by atoms with Crippen molar-refractivity contribution < 1.29 is 4.42 Å². The van der Waals surface area contributed by atoms with Crippen molar-refractivity contribution in [1.29, 1.82) is 0 Å². The lowest BCUT2D eigenvalue weighted by Gasteiger charge is -2.05. The van der Waals surface area contributed by atoms with Crippen LogP contribution in [0.15, 0.2) is 87.3 Å². The molecular formula is C20H15N3OS. The number of hydrogen-bond acceptors (Lipinski definition) is 5. The predicted octanol–water partition coefficient (Wildman–Crippen LogP) is 5.26. The lowest BCUT2D eigenvalue weighted by molar-refractivity contribution is 0.582. The molecule has 0 aliphatic carbocycles. The lowest BCUT2D eigenvalue weighted by atomic mass is 10.2. The maximum absolute atomic E-state index is 5.88. The van der Waals surface area contributed by atoms with Crippen LogP contribution in [-0.2, 0) is 0 Å². The van der Waals surface area contributed by atoms with Crippen LogP contribution in [0.5, 0.6) is 0 Å². The second-order valence-corrected chi connectivity index (χ2v) is 6.61. The Hall–Kier alpha value is -2.92. The summed E-state index contributed by atoms with van der Waals surface area (Å²) in [6, 6.07) is 21.9. The maximum Gasteiger partial charge on any atom is 0.250 e. The molecule has 122 valence electrons. The monoisotopic (exact) mass is 345 g/mol. The molecule has 0 amide bonds. The van der Waals surface area contributed by atoms with Gasteiger partial charge in [-0.3, -0.25) is 0 Å². The Morgan fingerprint density at radius 2 is 1.56 bits per heavy atom. The zero-order chi connectivity index (χ0) is 17.1. The Balaban J connectivity index is 1.67. The largest absolute Gasteiger partial charge is 0.416 e. The standard InChI is InChI=1S/C20H15N3OS/c1-14-9-11-16(12-10-14)25-20-17(8-5-13-21-20)19-23-22-18(24-19)15-6-3-2-4-7-15/h2-13H,1H3. The lowest BCUT2D eigenvalue weighted by Crippen LogP contribution is -1.87. The Bertz CT molecular complexity index is 981. The molecule has 0 spiro atoms. The van der Waals surface area contributed by atoms with Gasteiger partial charge in [0.2, 0.25) is 5.89 Å². The molecule has 2 heterocycles. The summed E-state index contributed by atoms with van der Waals surface area (Å²) in [4.78, 5) is 5.61. The van der Waals surface area contributed by atoms with Gasteiger partial charge in [-0.15, -0.1) is 10.2 Å². The van der Waals surface area contributed by atoms with E-state index in [4.69, 9.17) is 4.42 Å². The molecule has 4 rings (SSSR count). The quantitative estimate of drug-likeness (QED) is 0.505. The van der Waals surface area contributed by atoms with E-state index in [0.717, 1.165) is 21.0 Å². The minimum atomic E-state index is 0.474. The van der Waals surface area contributed by atoms with Gasteiger partial charge in [-0.25, -0.2) is 4.98 Å². The number of rotatable bonds is 4. The molecule has 0 saturated carbocycles. The highest BCUT2D eigenvalue weighted by atomic mass is 32.2. The van der Waals surface area contributed by atoms with Gasteiger partial charge in [0, 0.05) is 16.7 Å². The van der Waals surface area contributed by atoms with Crippen molar-refractivity contribution >= 4 is 11.8 Å². The zero-order valence-corrected chi connectivity index (χ0v) is 14.4. The van der Waals surface area contributed by atoms with Crippen molar-refractivity contribution in [3.63, 3.8) is 0 Å². The molecule has 0 aliphatic rings. The molecule has 25 heavy (non-hydrogen) atoms. The van der Waals surface area contributed by atoms with Gasteiger partial charge in [0.05, 0.1) is 5.56 Å². The maximum atomic E-state index is 5.88. The zero-order valence-electron chi connectivity index (χ0n) is 13.6. The highest BCUT2D eigenvalue weighted by Crippen LogP contribution is 2.34. The second-order valence-electron chi connectivity index (χ2n) is 5.55. The number of benzene rings is 2. The third kappa shape index (κ3) is 3.46. The number of nitrogens with zero attached hydrogens (tertiary/aromatic N) is 3. The van der Waals surface area contributed by atoms with Gasteiger partial charge in [-0.1, -0.05) is 47.7 Å². The van der Waals surface area contributed by atoms with E-state index in [9.17, 15) is 0 Å². The number of hydrogen-bond donors (Lipinski definition) is 0. The van der Waals surface area contributed by atoms with Crippen LogP contribution in [-0.4, -0.2) is 15.2 Å². The topological polar surface area (TPSA) is 51.8 Å². The molecule has 0 radical (unpaired) electrons. The third-order valence-corrected chi connectivity index (χ3v) is 4.71. The van der Waals surface area contributed by atoms with Crippen LogP contribution >= 0.6 is 11.8 Å². The van der Waals surface area contributed by atoms with Crippen LogP contribution in [0.25, 0.3) is 22.9 Å². The Morgan fingerprint density at radius 3 is 2.36 bits per heavy atom. The first-order valence-electron chi connectivity index (χ1n) is 7.88. The third-order valence-electron chi connectivity index (χ3n) is 3.68. The van der Waals surface area contributed by atoms with Crippen molar-refractivity contribution in [3.8, 4) is 22.9 Å². The van der Waals surface area contributed by atoms with Gasteiger partial charge in [0.1, 0.15) is 5.03 Å². The van der Waals surface area contributed by atoms with Gasteiger partial charge >= 0.3 is 0 Å². The summed E-state index contributed by atoms with van der Waals surface area (Å²) in [5.41, 5.74) is 2.97. The summed E-state index contributed by atoms with van der Waals surface area (Å²) < 4.78 is 5.88. The second kappa shape index (κ2) is 6.91. The molecule has 0 bridgehead atoms. The molecule has 0 N–H and O–H groups in total. The van der Waals surface area contributed by atoms with E-state index in [2.05, 4.69) is 46.4 Å².